The summed E-state index contributed by atoms with van der Waals surface area (Å²) in [5.74, 6) is 0.645. The zero-order chi connectivity index (χ0) is 18.7. The zero-order valence-electron chi connectivity index (χ0n) is 16.1. The Balaban J connectivity index is 2.33. The van der Waals surface area contributed by atoms with Gasteiger partial charge in [0.25, 0.3) is 0 Å². The molecule has 134 valence electrons. The molecule has 0 fully saturated rings. The molecular weight excluding hydrogens is 344 g/mol. The first-order chi connectivity index (χ1) is 11.7. The molecule has 5 heteroatoms. The van der Waals surface area contributed by atoms with E-state index >= 15 is 0 Å². The number of carbonyl (C=O) groups excluding carboxylic acids is 1. The van der Waals surface area contributed by atoms with Crippen molar-refractivity contribution in [2.45, 2.75) is 33.1 Å². The average Bonchev–Trinajstić information content (AvgIpc) is 2.62. The van der Waals surface area contributed by atoms with Crippen LogP contribution >= 0.6 is 0 Å². The molecule has 3 nitrogen and oxygen atoms in total. The standard InChI is InChI=1S/C20H28O3Si2/c1-7-23-20(21)16-8-12-18(13-9-16)24(3,4)25(5,6)19-14-10-17(22-2)11-15-19/h8-15H,7H2,1-6H3. The summed E-state index contributed by atoms with van der Waals surface area (Å²) < 4.78 is 10.4. The fourth-order valence-corrected chi connectivity index (χ4v) is 11.7. The molecule has 0 heterocycles. The van der Waals surface area contributed by atoms with E-state index in [-0.39, 0.29) is 5.97 Å². The van der Waals surface area contributed by atoms with Crippen molar-refractivity contribution in [2.24, 2.45) is 0 Å². The van der Waals surface area contributed by atoms with Crippen molar-refractivity contribution in [1.82, 2.24) is 0 Å². The van der Waals surface area contributed by atoms with E-state index in [4.69, 9.17) is 9.47 Å². The molecule has 2 aromatic carbocycles. The van der Waals surface area contributed by atoms with Crippen LogP contribution in [0.2, 0.25) is 26.2 Å². The number of carbonyl (C=O) groups is 1. The second kappa shape index (κ2) is 7.58. The van der Waals surface area contributed by atoms with Crippen LogP contribution in [0.4, 0.5) is 0 Å². The predicted octanol–water partition coefficient (Wildman–Crippen LogP) is 3.48. The van der Waals surface area contributed by atoms with E-state index in [1.54, 1.807) is 7.11 Å². The van der Waals surface area contributed by atoms with E-state index < -0.39 is 15.2 Å². The number of hydrogen-bond donors (Lipinski definition) is 0. The Kier molecular flexibility index (Phi) is 5.90. The Morgan fingerprint density at radius 3 is 1.68 bits per heavy atom. The van der Waals surface area contributed by atoms with E-state index in [2.05, 4.69) is 62.6 Å². The molecule has 0 saturated carbocycles. The van der Waals surface area contributed by atoms with Crippen molar-refractivity contribution in [3.63, 3.8) is 0 Å². The highest BCUT2D eigenvalue weighted by molar-refractivity contribution is 7.49. The van der Waals surface area contributed by atoms with Gasteiger partial charge in [0.05, 0.1) is 34.5 Å². The van der Waals surface area contributed by atoms with Crippen LogP contribution in [0.1, 0.15) is 17.3 Å². The molecule has 2 rings (SSSR count). The van der Waals surface area contributed by atoms with Gasteiger partial charge in [-0.3, -0.25) is 0 Å². The molecule has 0 radical (unpaired) electrons. The van der Waals surface area contributed by atoms with Crippen molar-refractivity contribution < 1.29 is 14.3 Å². The van der Waals surface area contributed by atoms with E-state index in [1.165, 1.54) is 10.4 Å². The molecule has 0 aliphatic heterocycles. The van der Waals surface area contributed by atoms with Gasteiger partial charge in [-0.2, -0.15) is 0 Å². The minimum absolute atomic E-state index is 0.250. The second-order valence-electron chi connectivity index (χ2n) is 7.28. The first-order valence-electron chi connectivity index (χ1n) is 8.66. The Bertz CT molecular complexity index is 720. The minimum Gasteiger partial charge on any atom is -0.497 e. The maximum Gasteiger partial charge on any atom is 0.338 e. The lowest BCUT2D eigenvalue weighted by Gasteiger charge is -2.39. The third-order valence-electron chi connectivity index (χ3n) is 5.49. The molecule has 0 bridgehead atoms. The van der Waals surface area contributed by atoms with Crippen LogP contribution in [0, 0.1) is 0 Å². The molecule has 0 aliphatic carbocycles. The molecular formula is C20H28O3Si2. The fraction of sp³-hybridized carbons (Fsp3) is 0.350. The van der Waals surface area contributed by atoms with Crippen LogP contribution in [0.15, 0.2) is 48.5 Å². The van der Waals surface area contributed by atoms with Crippen molar-refractivity contribution in [3.8, 4) is 5.75 Å². The van der Waals surface area contributed by atoms with Gasteiger partial charge in [-0.05, 0) is 31.2 Å². The lowest BCUT2D eigenvalue weighted by atomic mass is 10.2. The molecule has 0 aromatic heterocycles. The van der Waals surface area contributed by atoms with E-state index in [0.717, 1.165) is 5.75 Å². The van der Waals surface area contributed by atoms with Crippen molar-refractivity contribution in [2.75, 3.05) is 13.7 Å². The topological polar surface area (TPSA) is 35.5 Å². The smallest absolute Gasteiger partial charge is 0.338 e. The van der Waals surface area contributed by atoms with Crippen molar-refractivity contribution in [1.29, 1.82) is 0 Å². The van der Waals surface area contributed by atoms with Gasteiger partial charge in [0.1, 0.15) is 5.75 Å². The first-order valence-corrected chi connectivity index (χ1v) is 15.7. The highest BCUT2D eigenvalue weighted by atomic mass is 29.3. The van der Waals surface area contributed by atoms with Gasteiger partial charge in [-0.1, -0.05) is 60.8 Å². The lowest BCUT2D eigenvalue weighted by molar-refractivity contribution is 0.0526. The molecule has 2 aromatic rings. The Morgan fingerprint density at radius 2 is 1.28 bits per heavy atom. The van der Waals surface area contributed by atoms with Crippen LogP contribution in [-0.2, 0) is 4.74 Å². The van der Waals surface area contributed by atoms with Gasteiger partial charge >= 0.3 is 5.97 Å². The molecule has 0 atom stereocenters. The third-order valence-corrected chi connectivity index (χ3v) is 23.3. The number of ether oxygens (including phenoxy) is 2. The highest BCUT2D eigenvalue weighted by Gasteiger charge is 2.43. The summed E-state index contributed by atoms with van der Waals surface area (Å²) in [7, 11) is -1.69. The van der Waals surface area contributed by atoms with Crippen LogP contribution in [-0.4, -0.2) is 34.9 Å². The summed E-state index contributed by atoms with van der Waals surface area (Å²) in [6, 6.07) is 16.6. The third kappa shape index (κ3) is 3.88. The molecule has 0 N–H and O–H groups in total. The molecule has 0 saturated heterocycles. The number of esters is 1. The van der Waals surface area contributed by atoms with Crippen LogP contribution in [0.3, 0.4) is 0 Å². The Labute approximate surface area is 152 Å². The quantitative estimate of drug-likeness (QED) is 0.575. The predicted molar refractivity (Wildman–Crippen MR) is 110 cm³/mol. The van der Waals surface area contributed by atoms with Gasteiger partial charge in [-0.15, -0.1) is 0 Å². The lowest BCUT2D eigenvalue weighted by Crippen LogP contribution is -2.69. The summed E-state index contributed by atoms with van der Waals surface area (Å²) in [6.45, 7) is 12.0. The van der Waals surface area contributed by atoms with Gasteiger partial charge < -0.3 is 9.47 Å². The number of hydrogen-bond acceptors (Lipinski definition) is 3. The molecule has 0 spiro atoms. The summed E-state index contributed by atoms with van der Waals surface area (Å²) >= 11 is 0. The second-order valence-corrected chi connectivity index (χ2v) is 22.4. The largest absolute Gasteiger partial charge is 0.497 e. The monoisotopic (exact) mass is 372 g/mol. The van der Waals surface area contributed by atoms with Gasteiger partial charge in [0, 0.05) is 0 Å². The maximum atomic E-state index is 11.9. The summed E-state index contributed by atoms with van der Waals surface area (Å²) in [4.78, 5) is 11.9. The fourth-order valence-electron chi connectivity index (χ4n) is 2.97. The van der Waals surface area contributed by atoms with E-state index in [0.29, 0.717) is 12.2 Å². The maximum absolute atomic E-state index is 11.9. The summed E-state index contributed by atoms with van der Waals surface area (Å²) in [5, 5.41) is 2.83. The van der Waals surface area contributed by atoms with Crippen LogP contribution in [0.25, 0.3) is 0 Å². The van der Waals surface area contributed by atoms with Crippen molar-refractivity contribution >= 4 is 31.5 Å². The van der Waals surface area contributed by atoms with Gasteiger partial charge in [0.15, 0.2) is 0 Å². The summed E-state index contributed by atoms with van der Waals surface area (Å²) in [6.07, 6.45) is 0. The normalized spacial score (nSPS) is 11.9. The van der Waals surface area contributed by atoms with Gasteiger partial charge in [0.2, 0.25) is 0 Å². The minimum atomic E-state index is -1.71. The molecule has 25 heavy (non-hydrogen) atoms. The van der Waals surface area contributed by atoms with Crippen LogP contribution < -0.4 is 15.1 Å². The highest BCUT2D eigenvalue weighted by Crippen LogP contribution is 2.21. The molecule has 0 aliphatic rings. The molecule has 0 amide bonds. The Morgan fingerprint density at radius 1 is 0.840 bits per heavy atom. The SMILES string of the molecule is CCOC(=O)c1ccc([Si](C)(C)[Si](C)(C)c2ccc(OC)cc2)cc1. The first kappa shape index (κ1) is 19.5. The number of benzene rings is 2. The number of rotatable bonds is 6. The van der Waals surface area contributed by atoms with E-state index in [9.17, 15) is 4.79 Å². The van der Waals surface area contributed by atoms with E-state index in [1.807, 2.05) is 19.1 Å². The van der Waals surface area contributed by atoms with Crippen molar-refractivity contribution in [3.05, 3.63) is 54.1 Å². The molecule has 0 unspecified atom stereocenters. The Hall–Kier alpha value is -1.86. The average molecular weight is 373 g/mol. The zero-order valence-corrected chi connectivity index (χ0v) is 18.1. The summed E-state index contributed by atoms with van der Waals surface area (Å²) in [5.41, 5.74) is 0.624. The van der Waals surface area contributed by atoms with Gasteiger partial charge in [-0.25, -0.2) is 4.79 Å². The number of methoxy groups -OCH3 is 1. The van der Waals surface area contributed by atoms with Crippen LogP contribution in [0.5, 0.6) is 5.75 Å².